The van der Waals surface area contributed by atoms with Gasteiger partial charge in [0.25, 0.3) is 5.91 Å². The van der Waals surface area contributed by atoms with Crippen molar-refractivity contribution in [1.82, 2.24) is 4.90 Å². The molecule has 0 fully saturated rings. The highest BCUT2D eigenvalue weighted by molar-refractivity contribution is 9.10. The normalized spacial score (nSPS) is 10.1. The molecule has 3 aromatic rings. The molecule has 0 heterocycles. The van der Waals surface area contributed by atoms with Crippen LogP contribution in [0.3, 0.4) is 0 Å². The third-order valence-electron chi connectivity index (χ3n) is 5.12. The summed E-state index contributed by atoms with van der Waals surface area (Å²) in [4.78, 5) is 14.8. The van der Waals surface area contributed by atoms with Gasteiger partial charge in [-0.2, -0.15) is 0 Å². The fraction of sp³-hybridized carbons (Fsp3) is 0.222. The maximum absolute atomic E-state index is 13.0. The fourth-order valence-corrected chi connectivity index (χ4v) is 4.00. The quantitative estimate of drug-likeness (QED) is 0.398. The second-order valence-electron chi connectivity index (χ2n) is 7.21. The van der Waals surface area contributed by atoms with Crippen LogP contribution in [0.4, 0.5) is 0 Å². The summed E-state index contributed by atoms with van der Waals surface area (Å²) in [6, 6.07) is 21.0. The molecule has 0 radical (unpaired) electrons. The molecule has 0 unspecified atom stereocenters. The second kappa shape index (κ2) is 12.0. The average Bonchev–Trinajstić information content (AvgIpc) is 2.86. The maximum Gasteiger partial charge on any atom is 0.299 e. The molecule has 0 spiro atoms. The second-order valence-corrected chi connectivity index (χ2v) is 8.01. The zero-order valence-corrected chi connectivity index (χ0v) is 20.5. The Morgan fingerprint density at radius 3 is 2.27 bits per heavy atom. The average molecular weight is 508 g/mol. The third-order valence-corrected chi connectivity index (χ3v) is 5.99. The highest BCUT2D eigenvalue weighted by atomic mass is 79.9. The lowest BCUT2D eigenvalue weighted by atomic mass is 10.1. The zero-order chi connectivity index (χ0) is 23.6. The van der Waals surface area contributed by atoms with Crippen molar-refractivity contribution in [2.75, 3.05) is 27.9 Å². The van der Waals surface area contributed by atoms with Crippen molar-refractivity contribution in [2.24, 2.45) is 0 Å². The third kappa shape index (κ3) is 6.53. The van der Waals surface area contributed by atoms with Gasteiger partial charge in [0.15, 0.2) is 11.5 Å². The van der Waals surface area contributed by atoms with Crippen LogP contribution < -0.4 is 14.2 Å². The van der Waals surface area contributed by atoms with E-state index in [0.717, 1.165) is 26.9 Å². The largest absolute Gasteiger partial charge is 0.497 e. The number of halogens is 1. The highest BCUT2D eigenvalue weighted by Gasteiger charge is 2.16. The van der Waals surface area contributed by atoms with Gasteiger partial charge in [-0.3, -0.25) is 4.79 Å². The molecule has 1 amide bonds. The monoisotopic (exact) mass is 507 g/mol. The first-order chi connectivity index (χ1) is 16.0. The van der Waals surface area contributed by atoms with E-state index in [1.54, 1.807) is 26.2 Å². The lowest BCUT2D eigenvalue weighted by Crippen LogP contribution is -2.31. The minimum absolute atomic E-state index is 0.230. The van der Waals surface area contributed by atoms with Gasteiger partial charge in [0, 0.05) is 24.6 Å². The summed E-state index contributed by atoms with van der Waals surface area (Å²) in [7, 11) is 4.83. The van der Waals surface area contributed by atoms with Gasteiger partial charge >= 0.3 is 0 Å². The van der Waals surface area contributed by atoms with Crippen LogP contribution in [0.5, 0.6) is 17.2 Å². The molecule has 0 aliphatic rings. The molecule has 0 bridgehead atoms. The summed E-state index contributed by atoms with van der Waals surface area (Å²) in [5.74, 6) is 7.57. The summed E-state index contributed by atoms with van der Waals surface area (Å²) in [6.07, 6.45) is 0.621. The molecular weight excluding hydrogens is 482 g/mol. The van der Waals surface area contributed by atoms with Crippen molar-refractivity contribution in [3.8, 4) is 29.1 Å². The molecule has 3 rings (SSSR count). The summed E-state index contributed by atoms with van der Waals surface area (Å²) < 4.78 is 16.9. The molecular formula is C27H26BrNO4. The van der Waals surface area contributed by atoms with E-state index in [1.165, 1.54) is 0 Å². The molecule has 0 aromatic heterocycles. The number of hydrogen-bond donors (Lipinski definition) is 0. The van der Waals surface area contributed by atoms with Crippen LogP contribution in [0.2, 0.25) is 0 Å². The Bertz CT molecular complexity index is 1130. The van der Waals surface area contributed by atoms with Crippen molar-refractivity contribution in [2.45, 2.75) is 13.0 Å². The van der Waals surface area contributed by atoms with E-state index in [0.29, 0.717) is 31.0 Å². The Morgan fingerprint density at radius 2 is 1.64 bits per heavy atom. The van der Waals surface area contributed by atoms with Crippen LogP contribution in [-0.2, 0) is 17.8 Å². The Kier molecular flexibility index (Phi) is 8.79. The lowest BCUT2D eigenvalue weighted by molar-refractivity contribution is -0.125. The Balaban J connectivity index is 1.82. The van der Waals surface area contributed by atoms with Crippen LogP contribution in [0, 0.1) is 11.8 Å². The van der Waals surface area contributed by atoms with Crippen molar-refractivity contribution < 1.29 is 19.0 Å². The van der Waals surface area contributed by atoms with Crippen LogP contribution in [0.15, 0.2) is 71.2 Å². The number of nitrogens with zero attached hydrogens (tertiary/aromatic N) is 1. The standard InChI is InChI=1S/C27H26BrNO4/c1-31-23-13-9-21(10-14-23)19-29(25(30)16-11-20-7-5-4-6-8-20)18-17-22-12-15-24(32-2)27(33-3)26(22)28/h4-10,12-15H,17-19H2,1-3H3. The minimum Gasteiger partial charge on any atom is -0.497 e. The first-order valence-electron chi connectivity index (χ1n) is 10.4. The number of rotatable bonds is 8. The van der Waals surface area contributed by atoms with Gasteiger partial charge in [0.2, 0.25) is 0 Å². The minimum atomic E-state index is -0.230. The van der Waals surface area contributed by atoms with Gasteiger partial charge in [-0.15, -0.1) is 0 Å². The summed E-state index contributed by atoms with van der Waals surface area (Å²) >= 11 is 3.61. The fourth-order valence-electron chi connectivity index (χ4n) is 3.31. The topological polar surface area (TPSA) is 48.0 Å². The van der Waals surface area contributed by atoms with E-state index < -0.39 is 0 Å². The van der Waals surface area contributed by atoms with Gasteiger partial charge in [-0.1, -0.05) is 42.3 Å². The van der Waals surface area contributed by atoms with Crippen LogP contribution in [0.1, 0.15) is 16.7 Å². The number of carbonyl (C=O) groups is 1. The molecule has 0 saturated heterocycles. The van der Waals surface area contributed by atoms with Crippen molar-refractivity contribution in [3.05, 3.63) is 87.9 Å². The van der Waals surface area contributed by atoms with Crippen LogP contribution in [0.25, 0.3) is 0 Å². The molecule has 170 valence electrons. The van der Waals surface area contributed by atoms with E-state index in [2.05, 4.69) is 27.8 Å². The number of hydrogen-bond acceptors (Lipinski definition) is 4. The Morgan fingerprint density at radius 1 is 0.909 bits per heavy atom. The SMILES string of the molecule is COc1ccc(CN(CCc2ccc(OC)c(OC)c2Br)C(=O)C#Cc2ccccc2)cc1. The lowest BCUT2D eigenvalue weighted by Gasteiger charge is -2.21. The molecule has 0 aliphatic carbocycles. The molecule has 6 heteroatoms. The van der Waals surface area contributed by atoms with E-state index in [4.69, 9.17) is 14.2 Å². The predicted molar refractivity (Wildman–Crippen MR) is 133 cm³/mol. The molecule has 0 saturated carbocycles. The maximum atomic E-state index is 13.0. The van der Waals surface area contributed by atoms with Crippen molar-refractivity contribution >= 4 is 21.8 Å². The highest BCUT2D eigenvalue weighted by Crippen LogP contribution is 2.37. The molecule has 33 heavy (non-hydrogen) atoms. The molecule has 0 aliphatic heterocycles. The van der Waals surface area contributed by atoms with Crippen molar-refractivity contribution in [3.63, 3.8) is 0 Å². The number of carbonyl (C=O) groups excluding carboxylic acids is 1. The van der Waals surface area contributed by atoms with Gasteiger partial charge in [0.1, 0.15) is 5.75 Å². The smallest absolute Gasteiger partial charge is 0.299 e. The number of benzene rings is 3. The number of methoxy groups -OCH3 is 3. The summed E-state index contributed by atoms with van der Waals surface area (Å²) in [5.41, 5.74) is 2.81. The molecule has 0 N–H and O–H groups in total. The van der Waals surface area contributed by atoms with Gasteiger partial charge in [-0.05, 0) is 63.8 Å². The van der Waals surface area contributed by atoms with Gasteiger partial charge < -0.3 is 19.1 Å². The van der Waals surface area contributed by atoms with Gasteiger partial charge in [0.05, 0.1) is 25.8 Å². The summed E-state index contributed by atoms with van der Waals surface area (Å²) in [6.45, 7) is 0.930. The molecule has 3 aromatic carbocycles. The van der Waals surface area contributed by atoms with E-state index in [9.17, 15) is 4.79 Å². The van der Waals surface area contributed by atoms with Crippen LogP contribution >= 0.6 is 15.9 Å². The number of ether oxygens (including phenoxy) is 3. The Hall–Kier alpha value is -3.43. The van der Waals surface area contributed by atoms with E-state index in [-0.39, 0.29) is 5.91 Å². The summed E-state index contributed by atoms with van der Waals surface area (Å²) in [5, 5.41) is 0. The van der Waals surface area contributed by atoms with E-state index >= 15 is 0 Å². The first-order valence-corrected chi connectivity index (χ1v) is 11.2. The Labute approximate surface area is 203 Å². The predicted octanol–water partition coefficient (Wildman–Crippen LogP) is 5.10. The molecule has 5 nitrogen and oxygen atoms in total. The van der Waals surface area contributed by atoms with E-state index in [1.807, 2.05) is 66.7 Å². The number of amides is 1. The van der Waals surface area contributed by atoms with Crippen molar-refractivity contribution in [1.29, 1.82) is 0 Å². The first kappa shape index (κ1) is 24.2. The van der Waals surface area contributed by atoms with Gasteiger partial charge in [-0.25, -0.2) is 0 Å². The zero-order valence-electron chi connectivity index (χ0n) is 18.9. The molecule has 0 atom stereocenters. The van der Waals surface area contributed by atoms with Crippen LogP contribution in [-0.4, -0.2) is 38.7 Å².